The fraction of sp³-hybridized carbons (Fsp3) is 1.00. The summed E-state index contributed by atoms with van der Waals surface area (Å²) in [5, 5.41) is 0. The van der Waals surface area contributed by atoms with Crippen LogP contribution in [0.2, 0.25) is 0 Å². The Morgan fingerprint density at radius 1 is 1.38 bits per heavy atom. The normalized spacial score (nSPS) is 28.9. The Balaban J connectivity index is 2.78. The highest BCUT2D eigenvalue weighted by Gasteiger charge is 2.36. The first-order valence-electron chi connectivity index (χ1n) is 5.62. The van der Waals surface area contributed by atoms with Crippen LogP contribution in [0.15, 0.2) is 0 Å². The van der Waals surface area contributed by atoms with E-state index in [1.54, 1.807) is 0 Å². The largest absolute Gasteiger partial charge is 0.374 e. The van der Waals surface area contributed by atoms with E-state index in [1.807, 2.05) is 14.0 Å². The number of hydrogen-bond donors (Lipinski definition) is 0. The molecule has 0 aromatic carbocycles. The zero-order valence-electron chi connectivity index (χ0n) is 9.91. The molecule has 0 bridgehead atoms. The predicted molar refractivity (Wildman–Crippen MR) is 65.3 cm³/mol. The number of nitrogens with zero attached hydrogens (tertiary/aromatic N) is 1. The summed E-state index contributed by atoms with van der Waals surface area (Å²) in [6.07, 6.45) is 2.43. The molecule has 0 spiro atoms. The molecule has 0 radical (unpaired) electrons. The van der Waals surface area contributed by atoms with Gasteiger partial charge >= 0.3 is 0 Å². The SMILES string of the molecule is CCOC1(CS(=O)(=O)Cl)CCCN(C)CC1. The first-order chi connectivity index (χ1) is 7.37. The third kappa shape index (κ3) is 4.57. The molecule has 0 saturated carbocycles. The number of rotatable bonds is 4. The molecular formula is C10H20ClNO3S. The lowest BCUT2D eigenvalue weighted by molar-refractivity contribution is -0.0314. The Hall–Kier alpha value is 0.160. The van der Waals surface area contributed by atoms with Crippen molar-refractivity contribution in [3.8, 4) is 0 Å². The van der Waals surface area contributed by atoms with E-state index in [0.717, 1.165) is 32.4 Å². The van der Waals surface area contributed by atoms with Crippen LogP contribution in [-0.2, 0) is 13.8 Å². The molecule has 96 valence electrons. The van der Waals surface area contributed by atoms with Gasteiger partial charge in [-0.2, -0.15) is 0 Å². The molecule has 0 aromatic rings. The maximum atomic E-state index is 11.2. The molecule has 1 aliphatic heterocycles. The molecule has 1 saturated heterocycles. The zero-order valence-corrected chi connectivity index (χ0v) is 11.5. The summed E-state index contributed by atoms with van der Waals surface area (Å²) in [5.74, 6) is -0.0801. The predicted octanol–water partition coefficient (Wildman–Crippen LogP) is 1.45. The second kappa shape index (κ2) is 5.67. The second-order valence-electron chi connectivity index (χ2n) is 4.46. The molecule has 0 amide bonds. The minimum absolute atomic E-state index is 0.0801. The number of ether oxygens (including phenoxy) is 1. The monoisotopic (exact) mass is 269 g/mol. The lowest BCUT2D eigenvalue weighted by Gasteiger charge is -2.31. The molecule has 1 aliphatic rings. The van der Waals surface area contributed by atoms with Crippen LogP contribution in [0, 0.1) is 0 Å². The van der Waals surface area contributed by atoms with E-state index in [2.05, 4.69) is 4.90 Å². The summed E-state index contributed by atoms with van der Waals surface area (Å²) in [6.45, 7) is 4.25. The number of halogens is 1. The van der Waals surface area contributed by atoms with Crippen LogP contribution in [0.5, 0.6) is 0 Å². The van der Waals surface area contributed by atoms with Crippen molar-refractivity contribution in [1.82, 2.24) is 4.90 Å². The zero-order chi connectivity index (χ0) is 12.2. The molecule has 1 rings (SSSR count). The first kappa shape index (κ1) is 14.2. The molecule has 1 atom stereocenters. The van der Waals surface area contributed by atoms with E-state index in [4.69, 9.17) is 15.4 Å². The minimum Gasteiger partial charge on any atom is -0.374 e. The van der Waals surface area contributed by atoms with Gasteiger partial charge < -0.3 is 9.64 Å². The summed E-state index contributed by atoms with van der Waals surface area (Å²) in [7, 11) is 3.89. The number of hydrogen-bond acceptors (Lipinski definition) is 4. The van der Waals surface area contributed by atoms with Crippen LogP contribution in [0.4, 0.5) is 0 Å². The van der Waals surface area contributed by atoms with E-state index >= 15 is 0 Å². The summed E-state index contributed by atoms with van der Waals surface area (Å²) >= 11 is 0. The fourth-order valence-electron chi connectivity index (χ4n) is 2.25. The Labute approximate surface area is 102 Å². The Bertz CT molecular complexity index is 320. The van der Waals surface area contributed by atoms with Crippen LogP contribution >= 0.6 is 10.7 Å². The van der Waals surface area contributed by atoms with Crippen molar-refractivity contribution in [2.45, 2.75) is 31.8 Å². The molecule has 1 unspecified atom stereocenters. The maximum Gasteiger partial charge on any atom is 0.235 e. The third-order valence-electron chi connectivity index (χ3n) is 3.01. The summed E-state index contributed by atoms with van der Waals surface area (Å²) in [4.78, 5) is 2.20. The van der Waals surface area contributed by atoms with Crippen molar-refractivity contribution >= 4 is 19.7 Å². The average molecular weight is 270 g/mol. The van der Waals surface area contributed by atoms with Gasteiger partial charge in [-0.25, -0.2) is 8.42 Å². The van der Waals surface area contributed by atoms with E-state index in [9.17, 15) is 8.42 Å². The van der Waals surface area contributed by atoms with Gasteiger partial charge in [-0.15, -0.1) is 0 Å². The topological polar surface area (TPSA) is 46.6 Å². The summed E-state index contributed by atoms with van der Waals surface area (Å²) in [5.41, 5.74) is -0.583. The lowest BCUT2D eigenvalue weighted by atomic mass is 9.97. The third-order valence-corrected chi connectivity index (χ3v) is 4.21. The Kier molecular flexibility index (Phi) is 5.04. The van der Waals surface area contributed by atoms with Crippen LogP contribution in [0.1, 0.15) is 26.2 Å². The summed E-state index contributed by atoms with van der Waals surface area (Å²) in [6, 6.07) is 0. The first-order valence-corrected chi connectivity index (χ1v) is 8.09. The van der Waals surface area contributed by atoms with Crippen LogP contribution in [0.3, 0.4) is 0 Å². The molecule has 1 fully saturated rings. The molecule has 4 nitrogen and oxygen atoms in total. The second-order valence-corrected chi connectivity index (χ2v) is 7.23. The van der Waals surface area contributed by atoms with Crippen LogP contribution in [0.25, 0.3) is 0 Å². The van der Waals surface area contributed by atoms with Crippen LogP contribution in [-0.4, -0.2) is 51.4 Å². The molecule has 16 heavy (non-hydrogen) atoms. The molecule has 0 aliphatic carbocycles. The van der Waals surface area contributed by atoms with Crippen LogP contribution < -0.4 is 0 Å². The smallest absolute Gasteiger partial charge is 0.235 e. The highest BCUT2D eigenvalue weighted by molar-refractivity contribution is 8.13. The van der Waals surface area contributed by atoms with Gasteiger partial charge in [-0.1, -0.05) is 0 Å². The van der Waals surface area contributed by atoms with Crippen molar-refractivity contribution in [2.75, 3.05) is 32.5 Å². The average Bonchev–Trinajstić information content (AvgIpc) is 2.27. The molecule has 1 heterocycles. The van der Waals surface area contributed by atoms with Crippen molar-refractivity contribution in [3.05, 3.63) is 0 Å². The van der Waals surface area contributed by atoms with Crippen molar-refractivity contribution < 1.29 is 13.2 Å². The van der Waals surface area contributed by atoms with Crippen molar-refractivity contribution in [1.29, 1.82) is 0 Å². The summed E-state index contributed by atoms with van der Waals surface area (Å²) < 4.78 is 28.2. The van der Waals surface area contributed by atoms with Crippen molar-refractivity contribution in [2.24, 2.45) is 0 Å². The minimum atomic E-state index is -3.51. The van der Waals surface area contributed by atoms with E-state index in [-0.39, 0.29) is 5.75 Å². The molecule has 0 aromatic heterocycles. The number of likely N-dealkylation sites (tertiary alicyclic amines) is 1. The fourth-order valence-corrected chi connectivity index (χ4v) is 3.85. The highest BCUT2D eigenvalue weighted by atomic mass is 35.7. The highest BCUT2D eigenvalue weighted by Crippen LogP contribution is 2.28. The van der Waals surface area contributed by atoms with E-state index < -0.39 is 14.7 Å². The van der Waals surface area contributed by atoms with Gasteiger partial charge in [-0.3, -0.25) is 0 Å². The van der Waals surface area contributed by atoms with E-state index in [1.165, 1.54) is 0 Å². The quantitative estimate of drug-likeness (QED) is 0.725. The van der Waals surface area contributed by atoms with Gasteiger partial charge in [-0.05, 0) is 39.8 Å². The molecular weight excluding hydrogens is 250 g/mol. The van der Waals surface area contributed by atoms with Gasteiger partial charge in [0.1, 0.15) is 0 Å². The van der Waals surface area contributed by atoms with Gasteiger partial charge in [0.2, 0.25) is 9.05 Å². The molecule has 0 N–H and O–H groups in total. The lowest BCUT2D eigenvalue weighted by Crippen LogP contribution is -2.40. The van der Waals surface area contributed by atoms with Gasteiger partial charge in [0, 0.05) is 23.8 Å². The van der Waals surface area contributed by atoms with E-state index in [0.29, 0.717) is 6.61 Å². The molecule has 6 heteroatoms. The Morgan fingerprint density at radius 3 is 2.62 bits per heavy atom. The standard InChI is InChI=1S/C10H20ClNO3S/c1-3-15-10(9-16(11,13)14)5-4-7-12(2)8-6-10/h3-9H2,1-2H3. The Morgan fingerprint density at radius 2 is 2.06 bits per heavy atom. The van der Waals surface area contributed by atoms with Crippen molar-refractivity contribution in [3.63, 3.8) is 0 Å². The van der Waals surface area contributed by atoms with Gasteiger partial charge in [0.25, 0.3) is 0 Å². The maximum absolute atomic E-state index is 11.2. The van der Waals surface area contributed by atoms with Gasteiger partial charge in [0.05, 0.1) is 11.4 Å². The van der Waals surface area contributed by atoms with Gasteiger partial charge in [0.15, 0.2) is 0 Å².